The fourth-order valence-corrected chi connectivity index (χ4v) is 1.87. The molecular formula is C15H17FN2O. The van der Waals surface area contributed by atoms with Gasteiger partial charge in [-0.3, -0.25) is 0 Å². The normalized spacial score (nSPS) is 10.3. The standard InChI is InChI=1S/C15H17FN2O/c1-9-6-12(17)13(7-10(9)2)18-14-8-11(16)4-5-15(14)19-3/h4-8,18H,17H2,1-3H3. The quantitative estimate of drug-likeness (QED) is 0.826. The average molecular weight is 260 g/mol. The number of methoxy groups -OCH3 is 1. The first-order chi connectivity index (χ1) is 9.01. The maximum absolute atomic E-state index is 13.3. The number of halogens is 1. The molecule has 0 spiro atoms. The van der Waals surface area contributed by atoms with E-state index in [1.807, 2.05) is 26.0 Å². The number of hydrogen-bond donors (Lipinski definition) is 2. The number of aryl methyl sites for hydroxylation is 2. The number of ether oxygens (including phenoxy) is 1. The Morgan fingerprint density at radius 3 is 2.42 bits per heavy atom. The van der Waals surface area contributed by atoms with Crippen molar-refractivity contribution >= 4 is 17.1 Å². The van der Waals surface area contributed by atoms with Crippen LogP contribution in [-0.2, 0) is 0 Å². The number of hydrogen-bond acceptors (Lipinski definition) is 3. The van der Waals surface area contributed by atoms with E-state index in [4.69, 9.17) is 10.5 Å². The van der Waals surface area contributed by atoms with E-state index in [2.05, 4.69) is 5.32 Å². The van der Waals surface area contributed by atoms with Gasteiger partial charge in [-0.2, -0.15) is 0 Å². The third-order valence-electron chi connectivity index (χ3n) is 3.10. The lowest BCUT2D eigenvalue weighted by Crippen LogP contribution is -2.00. The first-order valence-corrected chi connectivity index (χ1v) is 5.98. The molecule has 19 heavy (non-hydrogen) atoms. The van der Waals surface area contributed by atoms with Crippen molar-refractivity contribution in [3.8, 4) is 5.75 Å². The lowest BCUT2D eigenvalue weighted by Gasteiger charge is -2.14. The Morgan fingerprint density at radius 2 is 1.74 bits per heavy atom. The molecule has 0 aromatic heterocycles. The molecule has 0 unspecified atom stereocenters. The second-order valence-corrected chi connectivity index (χ2v) is 4.49. The van der Waals surface area contributed by atoms with Crippen molar-refractivity contribution in [1.29, 1.82) is 0 Å². The van der Waals surface area contributed by atoms with Crippen molar-refractivity contribution in [2.24, 2.45) is 0 Å². The summed E-state index contributed by atoms with van der Waals surface area (Å²) in [5.74, 6) is 0.240. The van der Waals surface area contributed by atoms with Crippen molar-refractivity contribution < 1.29 is 9.13 Å². The van der Waals surface area contributed by atoms with Gasteiger partial charge in [0.05, 0.1) is 24.2 Å². The van der Waals surface area contributed by atoms with Crippen LogP contribution in [0.1, 0.15) is 11.1 Å². The molecule has 3 N–H and O–H groups in total. The first-order valence-electron chi connectivity index (χ1n) is 5.98. The zero-order valence-corrected chi connectivity index (χ0v) is 11.3. The van der Waals surface area contributed by atoms with Gasteiger partial charge in [-0.05, 0) is 49.2 Å². The zero-order valence-electron chi connectivity index (χ0n) is 11.3. The zero-order chi connectivity index (χ0) is 14.0. The number of anilines is 3. The van der Waals surface area contributed by atoms with Crippen LogP contribution in [0.15, 0.2) is 30.3 Å². The van der Waals surface area contributed by atoms with E-state index in [9.17, 15) is 4.39 Å². The fraction of sp³-hybridized carbons (Fsp3) is 0.200. The van der Waals surface area contributed by atoms with E-state index in [1.54, 1.807) is 13.2 Å². The smallest absolute Gasteiger partial charge is 0.142 e. The van der Waals surface area contributed by atoms with E-state index < -0.39 is 0 Å². The van der Waals surface area contributed by atoms with E-state index in [-0.39, 0.29) is 5.82 Å². The van der Waals surface area contributed by atoms with Crippen LogP contribution >= 0.6 is 0 Å². The maximum Gasteiger partial charge on any atom is 0.142 e. The Labute approximate surface area is 112 Å². The Hall–Kier alpha value is -2.23. The summed E-state index contributed by atoms with van der Waals surface area (Å²) in [6.07, 6.45) is 0. The highest BCUT2D eigenvalue weighted by Gasteiger charge is 2.08. The molecule has 0 fully saturated rings. The van der Waals surface area contributed by atoms with Crippen molar-refractivity contribution in [3.05, 3.63) is 47.3 Å². The van der Waals surface area contributed by atoms with E-state index in [0.29, 0.717) is 17.1 Å². The molecule has 2 aromatic carbocycles. The van der Waals surface area contributed by atoms with Gasteiger partial charge in [0.25, 0.3) is 0 Å². The van der Waals surface area contributed by atoms with Crippen LogP contribution in [0.4, 0.5) is 21.5 Å². The highest BCUT2D eigenvalue weighted by molar-refractivity contribution is 5.76. The van der Waals surface area contributed by atoms with Crippen molar-refractivity contribution in [2.45, 2.75) is 13.8 Å². The lowest BCUT2D eigenvalue weighted by atomic mass is 10.1. The molecule has 0 saturated carbocycles. The molecule has 100 valence electrons. The molecule has 0 saturated heterocycles. The van der Waals surface area contributed by atoms with E-state index >= 15 is 0 Å². The van der Waals surface area contributed by atoms with Crippen molar-refractivity contribution in [2.75, 3.05) is 18.2 Å². The second kappa shape index (κ2) is 5.18. The van der Waals surface area contributed by atoms with Gasteiger partial charge in [-0.15, -0.1) is 0 Å². The van der Waals surface area contributed by atoms with Gasteiger partial charge in [0.2, 0.25) is 0 Å². The van der Waals surface area contributed by atoms with Crippen LogP contribution in [-0.4, -0.2) is 7.11 Å². The molecule has 2 aromatic rings. The minimum Gasteiger partial charge on any atom is -0.495 e. The lowest BCUT2D eigenvalue weighted by molar-refractivity contribution is 0.416. The SMILES string of the molecule is COc1ccc(F)cc1Nc1cc(C)c(C)cc1N. The third kappa shape index (κ3) is 2.78. The largest absolute Gasteiger partial charge is 0.495 e. The van der Waals surface area contributed by atoms with E-state index in [0.717, 1.165) is 16.8 Å². The van der Waals surface area contributed by atoms with Gasteiger partial charge >= 0.3 is 0 Å². The van der Waals surface area contributed by atoms with Gasteiger partial charge in [0.1, 0.15) is 11.6 Å². The van der Waals surface area contributed by atoms with Gasteiger partial charge < -0.3 is 15.8 Å². The molecule has 4 heteroatoms. The van der Waals surface area contributed by atoms with Crippen LogP contribution in [0.5, 0.6) is 5.75 Å². The van der Waals surface area contributed by atoms with Crippen molar-refractivity contribution in [1.82, 2.24) is 0 Å². The number of nitrogens with one attached hydrogen (secondary N) is 1. The van der Waals surface area contributed by atoms with Gasteiger partial charge in [0.15, 0.2) is 0 Å². The average Bonchev–Trinajstić information content (AvgIpc) is 2.36. The topological polar surface area (TPSA) is 47.3 Å². The molecule has 0 heterocycles. The number of benzene rings is 2. The monoisotopic (exact) mass is 260 g/mol. The highest BCUT2D eigenvalue weighted by Crippen LogP contribution is 2.32. The molecule has 0 amide bonds. The van der Waals surface area contributed by atoms with Crippen molar-refractivity contribution in [3.63, 3.8) is 0 Å². The Kier molecular flexibility index (Phi) is 3.60. The predicted molar refractivity (Wildman–Crippen MR) is 76.6 cm³/mol. The predicted octanol–water partition coefficient (Wildman–Crippen LogP) is 3.78. The van der Waals surface area contributed by atoms with Gasteiger partial charge in [-0.25, -0.2) is 4.39 Å². The highest BCUT2D eigenvalue weighted by atomic mass is 19.1. The summed E-state index contributed by atoms with van der Waals surface area (Å²) in [6.45, 7) is 4.00. The number of nitrogen functional groups attached to an aromatic ring is 1. The molecular weight excluding hydrogens is 243 g/mol. The summed E-state index contributed by atoms with van der Waals surface area (Å²) in [7, 11) is 1.54. The summed E-state index contributed by atoms with van der Waals surface area (Å²) < 4.78 is 18.5. The number of rotatable bonds is 3. The van der Waals surface area contributed by atoms with Crippen LogP contribution in [0.3, 0.4) is 0 Å². The minimum absolute atomic E-state index is 0.328. The second-order valence-electron chi connectivity index (χ2n) is 4.49. The molecule has 0 bridgehead atoms. The van der Waals surface area contributed by atoms with Gasteiger partial charge in [0, 0.05) is 6.07 Å². The summed E-state index contributed by atoms with van der Waals surface area (Å²) in [6, 6.07) is 8.15. The summed E-state index contributed by atoms with van der Waals surface area (Å²) in [5.41, 5.74) is 10.1. The summed E-state index contributed by atoms with van der Waals surface area (Å²) >= 11 is 0. The molecule has 0 aliphatic rings. The molecule has 0 atom stereocenters. The maximum atomic E-state index is 13.3. The van der Waals surface area contributed by atoms with Crippen LogP contribution in [0.2, 0.25) is 0 Å². The molecule has 0 aliphatic heterocycles. The Morgan fingerprint density at radius 1 is 1.05 bits per heavy atom. The third-order valence-corrected chi connectivity index (χ3v) is 3.10. The Bertz CT molecular complexity index is 611. The summed E-state index contributed by atoms with van der Waals surface area (Å²) in [4.78, 5) is 0. The van der Waals surface area contributed by atoms with E-state index in [1.165, 1.54) is 12.1 Å². The minimum atomic E-state index is -0.328. The van der Waals surface area contributed by atoms with Gasteiger partial charge in [-0.1, -0.05) is 0 Å². The van der Waals surface area contributed by atoms with Crippen LogP contribution in [0.25, 0.3) is 0 Å². The number of nitrogens with two attached hydrogens (primary N) is 1. The molecule has 3 nitrogen and oxygen atoms in total. The Balaban J connectivity index is 2.41. The molecule has 2 rings (SSSR count). The van der Waals surface area contributed by atoms with Crippen LogP contribution < -0.4 is 15.8 Å². The van der Waals surface area contributed by atoms with Crippen LogP contribution in [0, 0.1) is 19.7 Å². The summed E-state index contributed by atoms with van der Waals surface area (Å²) in [5, 5.41) is 3.11. The fourth-order valence-electron chi connectivity index (χ4n) is 1.87. The molecule has 0 aliphatic carbocycles. The first kappa shape index (κ1) is 13.2. The molecule has 0 radical (unpaired) electrons.